The molecule has 5 N–H and O–H groups in total. The van der Waals surface area contributed by atoms with E-state index >= 15 is 0 Å². The summed E-state index contributed by atoms with van der Waals surface area (Å²) in [6.45, 7) is 2.09. The minimum absolute atomic E-state index is 0. The summed E-state index contributed by atoms with van der Waals surface area (Å²) in [6.07, 6.45) is 4.62. The second kappa shape index (κ2) is 10.4. The van der Waals surface area contributed by atoms with E-state index < -0.39 is 26.7 Å². The Labute approximate surface area is 175 Å². The van der Waals surface area contributed by atoms with Crippen LogP contribution in [0.2, 0.25) is 0 Å². The molecule has 0 spiro atoms. The zero-order chi connectivity index (χ0) is 15.6. The van der Waals surface area contributed by atoms with Gasteiger partial charge in [-0.15, -0.1) is 0 Å². The Bertz CT molecular complexity index is 393. The van der Waals surface area contributed by atoms with E-state index in [0.29, 0.717) is 18.8 Å². The van der Waals surface area contributed by atoms with Crippen LogP contribution in [-0.2, 0) is 9.13 Å². The Kier molecular flexibility index (Phi) is 12.5. The van der Waals surface area contributed by atoms with Crippen molar-refractivity contribution in [2.24, 2.45) is 11.8 Å². The summed E-state index contributed by atoms with van der Waals surface area (Å²) in [5, 5.41) is 6.63. The molecule has 0 aliphatic heterocycles. The van der Waals surface area contributed by atoms with Gasteiger partial charge in [-0.3, -0.25) is 9.13 Å². The summed E-state index contributed by atoms with van der Waals surface area (Å²) in [4.78, 5) is 36.4. The van der Waals surface area contributed by atoms with Crippen molar-refractivity contribution in [3.63, 3.8) is 0 Å². The Morgan fingerprint density at radius 2 is 1.27 bits per heavy atom. The zero-order valence-corrected chi connectivity index (χ0v) is 13.3. The molecular weight excluding hydrogens is 352 g/mol. The van der Waals surface area contributed by atoms with Crippen molar-refractivity contribution in [1.29, 1.82) is 0 Å². The first-order valence-corrected chi connectivity index (χ1v) is 10.1. The van der Waals surface area contributed by atoms with Crippen molar-refractivity contribution in [3.05, 3.63) is 0 Å². The molecule has 7 nitrogen and oxygen atoms in total. The molecule has 1 saturated carbocycles. The predicted octanol–water partition coefficient (Wildman–Crippen LogP) is 0.687. The van der Waals surface area contributed by atoms with E-state index in [1.807, 2.05) is 0 Å². The second-order valence-electron chi connectivity index (χ2n) is 5.74. The average molecular weight is 378 g/mol. The van der Waals surface area contributed by atoms with Gasteiger partial charge in [0.25, 0.3) is 5.08 Å². The van der Waals surface area contributed by atoms with Gasteiger partial charge in [0.2, 0.25) is 0 Å². The van der Waals surface area contributed by atoms with E-state index in [0.717, 1.165) is 25.7 Å². The van der Waals surface area contributed by atoms with Crippen LogP contribution in [0.3, 0.4) is 0 Å². The van der Waals surface area contributed by atoms with Crippen molar-refractivity contribution < 1.29 is 33.8 Å². The van der Waals surface area contributed by atoms with Crippen molar-refractivity contribution in [3.8, 4) is 0 Å². The van der Waals surface area contributed by atoms with Crippen LogP contribution in [0.25, 0.3) is 0 Å². The summed E-state index contributed by atoms with van der Waals surface area (Å²) in [5.74, 6) is 0.294. The molecule has 11 heteroatoms. The van der Waals surface area contributed by atoms with Crippen LogP contribution in [0.4, 0.5) is 0 Å². The van der Waals surface area contributed by atoms with Gasteiger partial charge in [-0.1, -0.05) is 45.4 Å². The average Bonchev–Trinajstić information content (AvgIpc) is 2.29. The Morgan fingerprint density at radius 1 is 0.909 bits per heavy atom. The number of rotatable bonds is 6. The molecule has 0 aromatic heterocycles. The SMILES string of the molecule is CCCC1CCC(CC(O)(P(=O)(O)O)P(=O)(O)O)CC1.[NaH].[NaH]. The maximum absolute atomic E-state index is 11.3. The molecule has 0 heterocycles. The molecule has 1 aliphatic rings. The van der Waals surface area contributed by atoms with Gasteiger partial charge in [-0.2, -0.15) is 0 Å². The third-order valence-corrected chi connectivity index (χ3v) is 7.95. The molecule has 1 aliphatic carbocycles. The summed E-state index contributed by atoms with van der Waals surface area (Å²) in [5.41, 5.74) is 0. The monoisotopic (exact) mass is 378 g/mol. The van der Waals surface area contributed by atoms with Gasteiger partial charge >= 0.3 is 74.3 Å². The topological polar surface area (TPSA) is 135 Å². The quantitative estimate of drug-likeness (QED) is 0.339. The summed E-state index contributed by atoms with van der Waals surface area (Å²) < 4.78 is 22.6. The van der Waals surface area contributed by atoms with Crippen LogP contribution < -0.4 is 0 Å². The molecular formula is C11H26Na2O7P2. The van der Waals surface area contributed by atoms with E-state index in [1.54, 1.807) is 0 Å². The van der Waals surface area contributed by atoms with E-state index in [1.165, 1.54) is 0 Å². The number of hydrogen-bond donors (Lipinski definition) is 5. The molecule has 0 aromatic carbocycles. The number of aliphatic hydroxyl groups is 1. The molecule has 0 unspecified atom stereocenters. The van der Waals surface area contributed by atoms with Gasteiger partial charge in [0.1, 0.15) is 0 Å². The van der Waals surface area contributed by atoms with Crippen LogP contribution in [-0.4, -0.2) is 88.9 Å². The molecule has 1 rings (SSSR count). The van der Waals surface area contributed by atoms with Gasteiger partial charge in [0.15, 0.2) is 0 Å². The standard InChI is InChI=1S/C11H24O7P2.2Na.2H/c1-2-3-9-4-6-10(7-5-9)8-11(12,19(13,14)15)20(16,17)18;;;;/h9-10,12H,2-8H2,1H3,(H2,13,14,15)(H2,16,17,18);;;;. The third-order valence-electron chi connectivity index (χ3n) is 4.16. The van der Waals surface area contributed by atoms with Crippen LogP contribution in [0.15, 0.2) is 0 Å². The van der Waals surface area contributed by atoms with Crippen LogP contribution >= 0.6 is 15.2 Å². The van der Waals surface area contributed by atoms with Gasteiger partial charge in [0.05, 0.1) is 0 Å². The molecule has 0 bridgehead atoms. The van der Waals surface area contributed by atoms with Gasteiger partial charge < -0.3 is 24.7 Å². The molecule has 0 amide bonds. The zero-order valence-electron chi connectivity index (χ0n) is 11.6. The van der Waals surface area contributed by atoms with Crippen LogP contribution in [0.1, 0.15) is 51.9 Å². The van der Waals surface area contributed by atoms with E-state index in [4.69, 9.17) is 19.6 Å². The predicted molar refractivity (Wildman–Crippen MR) is 88.3 cm³/mol. The van der Waals surface area contributed by atoms with Crippen molar-refractivity contribution >= 4 is 74.3 Å². The minimum atomic E-state index is -5.31. The van der Waals surface area contributed by atoms with E-state index in [9.17, 15) is 14.2 Å². The van der Waals surface area contributed by atoms with Crippen molar-refractivity contribution in [2.75, 3.05) is 0 Å². The Morgan fingerprint density at radius 3 is 1.59 bits per heavy atom. The summed E-state index contributed by atoms with van der Waals surface area (Å²) in [7, 11) is -10.6. The van der Waals surface area contributed by atoms with Gasteiger partial charge in [-0.05, 0) is 11.8 Å². The summed E-state index contributed by atoms with van der Waals surface area (Å²) in [6, 6.07) is 0. The molecule has 0 radical (unpaired) electrons. The van der Waals surface area contributed by atoms with E-state index in [2.05, 4.69) is 6.92 Å². The van der Waals surface area contributed by atoms with E-state index in [-0.39, 0.29) is 65.0 Å². The fourth-order valence-electron chi connectivity index (χ4n) is 2.93. The van der Waals surface area contributed by atoms with Crippen molar-refractivity contribution in [2.45, 2.75) is 57.0 Å². The molecule has 0 aromatic rings. The molecule has 124 valence electrons. The van der Waals surface area contributed by atoms with Crippen LogP contribution in [0.5, 0.6) is 0 Å². The fourth-order valence-corrected chi connectivity index (χ4v) is 5.28. The first kappa shape index (κ1) is 26.5. The molecule has 0 atom stereocenters. The Hall–Kier alpha value is 2.26. The third kappa shape index (κ3) is 6.87. The molecule has 1 fully saturated rings. The molecule has 22 heavy (non-hydrogen) atoms. The van der Waals surface area contributed by atoms with Gasteiger partial charge in [-0.25, -0.2) is 0 Å². The van der Waals surface area contributed by atoms with Crippen LogP contribution in [0, 0.1) is 11.8 Å². The second-order valence-corrected chi connectivity index (χ2v) is 9.75. The Balaban J connectivity index is 0. The van der Waals surface area contributed by atoms with Gasteiger partial charge in [0, 0.05) is 6.42 Å². The number of hydrogen-bond acceptors (Lipinski definition) is 3. The summed E-state index contributed by atoms with van der Waals surface area (Å²) >= 11 is 0. The first-order chi connectivity index (χ1) is 9.01. The normalized spacial score (nSPS) is 23.4. The van der Waals surface area contributed by atoms with Crippen molar-refractivity contribution in [1.82, 2.24) is 0 Å². The fraction of sp³-hybridized carbons (Fsp3) is 1.00. The first-order valence-electron chi connectivity index (χ1n) is 6.85. The maximum atomic E-state index is 11.3. The molecule has 0 saturated heterocycles.